The van der Waals surface area contributed by atoms with Gasteiger partial charge in [-0.25, -0.2) is 4.39 Å². The Bertz CT molecular complexity index is 571. The SMILES string of the molecule is CC1CCC(NC(=O)c2cc(Br)ccc2F)(C(N)=S)CC1. The van der Waals surface area contributed by atoms with Crippen LogP contribution in [0.4, 0.5) is 4.39 Å². The summed E-state index contributed by atoms with van der Waals surface area (Å²) in [6.07, 6.45) is 3.28. The minimum absolute atomic E-state index is 0.00128. The van der Waals surface area contributed by atoms with Crippen molar-refractivity contribution < 1.29 is 9.18 Å². The molecule has 1 amide bonds. The number of nitrogens with two attached hydrogens (primary N) is 1. The second-order valence-electron chi connectivity index (χ2n) is 5.71. The van der Waals surface area contributed by atoms with Crippen molar-refractivity contribution in [2.45, 2.75) is 38.1 Å². The highest BCUT2D eigenvalue weighted by atomic mass is 79.9. The predicted octanol–water partition coefficient (Wildman–Crippen LogP) is 3.55. The number of benzene rings is 1. The Kier molecular flexibility index (Phi) is 4.99. The van der Waals surface area contributed by atoms with Gasteiger partial charge in [-0.3, -0.25) is 4.79 Å². The number of carbonyl (C=O) groups is 1. The maximum absolute atomic E-state index is 13.8. The van der Waals surface area contributed by atoms with Crippen LogP contribution in [0.15, 0.2) is 22.7 Å². The first-order chi connectivity index (χ1) is 9.84. The molecule has 0 unspecified atom stereocenters. The van der Waals surface area contributed by atoms with Crippen molar-refractivity contribution in [2.24, 2.45) is 11.7 Å². The second kappa shape index (κ2) is 6.40. The number of rotatable bonds is 3. The molecule has 0 bridgehead atoms. The van der Waals surface area contributed by atoms with Crippen molar-refractivity contribution >= 4 is 39.0 Å². The third-order valence-electron chi connectivity index (χ3n) is 4.13. The first-order valence-electron chi connectivity index (χ1n) is 6.91. The van der Waals surface area contributed by atoms with Crippen LogP contribution in [0, 0.1) is 11.7 Å². The highest BCUT2D eigenvalue weighted by molar-refractivity contribution is 9.10. The van der Waals surface area contributed by atoms with Gasteiger partial charge in [-0.1, -0.05) is 35.1 Å². The summed E-state index contributed by atoms with van der Waals surface area (Å²) in [6, 6.07) is 4.27. The molecule has 3 N–H and O–H groups in total. The van der Waals surface area contributed by atoms with Crippen molar-refractivity contribution in [2.75, 3.05) is 0 Å². The molecule has 0 atom stereocenters. The number of amides is 1. The van der Waals surface area contributed by atoms with Gasteiger partial charge in [0.25, 0.3) is 5.91 Å². The van der Waals surface area contributed by atoms with Crippen molar-refractivity contribution in [1.82, 2.24) is 5.32 Å². The van der Waals surface area contributed by atoms with E-state index in [4.69, 9.17) is 18.0 Å². The van der Waals surface area contributed by atoms with Crippen LogP contribution in [0.25, 0.3) is 0 Å². The molecule has 21 heavy (non-hydrogen) atoms. The molecule has 0 heterocycles. The third-order valence-corrected chi connectivity index (χ3v) is 5.01. The van der Waals surface area contributed by atoms with Crippen LogP contribution < -0.4 is 11.1 Å². The van der Waals surface area contributed by atoms with Gasteiger partial charge in [0, 0.05) is 4.47 Å². The number of nitrogens with one attached hydrogen (secondary N) is 1. The summed E-state index contributed by atoms with van der Waals surface area (Å²) in [4.78, 5) is 12.7. The van der Waals surface area contributed by atoms with Gasteiger partial charge < -0.3 is 11.1 Å². The zero-order valence-corrected chi connectivity index (χ0v) is 14.2. The Morgan fingerprint density at radius 2 is 2.10 bits per heavy atom. The molecule has 0 aliphatic heterocycles. The van der Waals surface area contributed by atoms with E-state index in [0.29, 0.717) is 23.2 Å². The average molecular weight is 373 g/mol. The van der Waals surface area contributed by atoms with Gasteiger partial charge in [-0.15, -0.1) is 0 Å². The molecule has 0 saturated heterocycles. The van der Waals surface area contributed by atoms with Gasteiger partial charge >= 0.3 is 0 Å². The zero-order chi connectivity index (χ0) is 15.6. The Morgan fingerprint density at radius 1 is 1.48 bits per heavy atom. The minimum Gasteiger partial charge on any atom is -0.391 e. The molecule has 1 aromatic rings. The molecule has 0 radical (unpaired) electrons. The predicted molar refractivity (Wildman–Crippen MR) is 88.7 cm³/mol. The lowest BCUT2D eigenvalue weighted by atomic mass is 9.77. The molecule has 1 fully saturated rings. The van der Waals surface area contributed by atoms with Crippen LogP contribution >= 0.6 is 28.1 Å². The molecule has 2 rings (SSSR count). The van der Waals surface area contributed by atoms with E-state index in [-0.39, 0.29) is 10.6 Å². The summed E-state index contributed by atoms with van der Waals surface area (Å²) in [6.45, 7) is 2.17. The van der Waals surface area contributed by atoms with Crippen molar-refractivity contribution in [3.8, 4) is 0 Å². The number of carbonyl (C=O) groups excluding carboxylic acids is 1. The van der Waals surface area contributed by atoms with Gasteiger partial charge in [0.05, 0.1) is 16.1 Å². The molecule has 1 aliphatic rings. The Hall–Kier alpha value is -1.01. The smallest absolute Gasteiger partial charge is 0.255 e. The normalized spacial score (nSPS) is 25.4. The fourth-order valence-corrected chi connectivity index (χ4v) is 3.26. The van der Waals surface area contributed by atoms with Crippen LogP contribution in [0.1, 0.15) is 43.0 Å². The maximum Gasteiger partial charge on any atom is 0.255 e. The fraction of sp³-hybridized carbons (Fsp3) is 0.467. The van der Waals surface area contributed by atoms with E-state index in [9.17, 15) is 9.18 Å². The van der Waals surface area contributed by atoms with Gasteiger partial charge in [0.1, 0.15) is 5.82 Å². The third kappa shape index (κ3) is 3.61. The molecule has 1 aromatic carbocycles. The first kappa shape index (κ1) is 16.4. The fourth-order valence-electron chi connectivity index (χ4n) is 2.64. The topological polar surface area (TPSA) is 55.1 Å². The summed E-state index contributed by atoms with van der Waals surface area (Å²) in [5.41, 5.74) is 5.15. The van der Waals surface area contributed by atoms with Crippen LogP contribution in [0.3, 0.4) is 0 Å². The highest BCUT2D eigenvalue weighted by Gasteiger charge is 2.38. The minimum atomic E-state index is -0.701. The summed E-state index contributed by atoms with van der Waals surface area (Å²) >= 11 is 8.40. The van der Waals surface area contributed by atoms with Crippen molar-refractivity contribution in [3.05, 3.63) is 34.1 Å². The molecule has 0 spiro atoms. The molecular formula is C15H18BrFN2OS. The van der Waals surface area contributed by atoms with Gasteiger partial charge in [-0.2, -0.15) is 0 Å². The summed E-state index contributed by atoms with van der Waals surface area (Å²) in [5.74, 6) is -0.443. The molecule has 1 saturated carbocycles. The lowest BCUT2D eigenvalue weighted by Crippen LogP contribution is -2.58. The highest BCUT2D eigenvalue weighted by Crippen LogP contribution is 2.32. The second-order valence-corrected chi connectivity index (χ2v) is 7.06. The quantitative estimate of drug-likeness (QED) is 0.797. The van der Waals surface area contributed by atoms with Crippen LogP contribution in [0.2, 0.25) is 0 Å². The van der Waals surface area contributed by atoms with Gasteiger partial charge in [0.2, 0.25) is 0 Å². The van der Waals surface area contributed by atoms with E-state index >= 15 is 0 Å². The molecule has 114 valence electrons. The van der Waals surface area contributed by atoms with Crippen molar-refractivity contribution in [1.29, 1.82) is 0 Å². The van der Waals surface area contributed by atoms with Gasteiger partial charge in [0.15, 0.2) is 0 Å². The summed E-state index contributed by atoms with van der Waals surface area (Å²) in [7, 11) is 0. The van der Waals surface area contributed by atoms with Crippen molar-refractivity contribution in [3.63, 3.8) is 0 Å². The van der Waals surface area contributed by atoms with Crippen LogP contribution in [-0.4, -0.2) is 16.4 Å². The zero-order valence-electron chi connectivity index (χ0n) is 11.8. The van der Waals surface area contributed by atoms with E-state index in [1.165, 1.54) is 12.1 Å². The lowest BCUT2D eigenvalue weighted by molar-refractivity contribution is 0.0896. The average Bonchev–Trinajstić information content (AvgIpc) is 2.44. The van der Waals surface area contributed by atoms with E-state index in [2.05, 4.69) is 28.2 Å². The number of hydrogen-bond donors (Lipinski definition) is 2. The van der Waals surface area contributed by atoms with Crippen LogP contribution in [-0.2, 0) is 0 Å². The Morgan fingerprint density at radius 3 is 2.67 bits per heavy atom. The number of halogens is 2. The van der Waals surface area contributed by atoms with E-state index < -0.39 is 17.3 Å². The molecule has 3 nitrogen and oxygen atoms in total. The Labute approximate surface area is 137 Å². The summed E-state index contributed by atoms with van der Waals surface area (Å²) < 4.78 is 14.5. The standard InChI is InChI=1S/C15H18BrFN2OS/c1-9-4-6-15(7-5-9,14(18)21)19-13(20)11-8-10(16)2-3-12(11)17/h2-3,8-9H,4-7H2,1H3,(H2,18,21)(H,19,20). The maximum atomic E-state index is 13.8. The molecule has 6 heteroatoms. The van der Waals surface area contributed by atoms with E-state index in [1.54, 1.807) is 6.07 Å². The van der Waals surface area contributed by atoms with Gasteiger partial charge in [-0.05, 0) is 49.8 Å². The van der Waals surface area contributed by atoms with E-state index in [1.807, 2.05) is 0 Å². The molecule has 1 aliphatic carbocycles. The summed E-state index contributed by atoms with van der Waals surface area (Å²) in [5, 5.41) is 2.87. The largest absolute Gasteiger partial charge is 0.391 e. The molecular weight excluding hydrogens is 355 g/mol. The first-order valence-corrected chi connectivity index (χ1v) is 8.12. The Balaban J connectivity index is 2.23. The van der Waals surface area contributed by atoms with Crippen LogP contribution in [0.5, 0.6) is 0 Å². The van der Waals surface area contributed by atoms with E-state index in [0.717, 1.165) is 12.8 Å². The number of thiocarbonyl (C=S) groups is 1. The monoisotopic (exact) mass is 372 g/mol. The molecule has 0 aromatic heterocycles. The lowest BCUT2D eigenvalue weighted by Gasteiger charge is -2.39. The number of hydrogen-bond acceptors (Lipinski definition) is 2.